The first-order valence-corrected chi connectivity index (χ1v) is 3.70. The number of fused-ring (bicyclic) bond motifs is 1. The second-order valence-electron chi connectivity index (χ2n) is 4.14. The Balaban J connectivity index is 2.07. The largest absolute Gasteiger partial charge is 0.0596 e. The number of rotatable bonds is 0. The van der Waals surface area contributed by atoms with Crippen LogP contribution in [0.4, 0.5) is 0 Å². The van der Waals surface area contributed by atoms with E-state index >= 15 is 0 Å². The van der Waals surface area contributed by atoms with Gasteiger partial charge in [-0.05, 0) is 36.5 Å². The Morgan fingerprint density at radius 3 is 2.00 bits per heavy atom. The molecule has 0 saturated heterocycles. The molecule has 0 radical (unpaired) electrons. The summed E-state index contributed by atoms with van der Waals surface area (Å²) in [6, 6.07) is 0. The second-order valence-corrected chi connectivity index (χ2v) is 4.14. The van der Waals surface area contributed by atoms with Crippen LogP contribution in [0.1, 0.15) is 33.1 Å². The van der Waals surface area contributed by atoms with Gasteiger partial charge in [0.05, 0.1) is 0 Å². The molecule has 0 aliphatic heterocycles. The first-order valence-electron chi connectivity index (χ1n) is 3.70. The molecule has 2 fully saturated rings. The Hall–Kier alpha value is 0. The fraction of sp³-hybridized carbons (Fsp3) is 1.00. The van der Waals surface area contributed by atoms with Gasteiger partial charge < -0.3 is 0 Å². The zero-order valence-corrected chi connectivity index (χ0v) is 5.78. The quantitative estimate of drug-likeness (QED) is 0.449. The molecule has 0 heterocycles. The predicted octanol–water partition coefficient (Wildman–Crippen LogP) is 2.44. The van der Waals surface area contributed by atoms with Crippen molar-refractivity contribution in [1.82, 2.24) is 0 Å². The molecule has 8 heavy (non-hydrogen) atoms. The zero-order chi connectivity index (χ0) is 5.78. The fourth-order valence-electron chi connectivity index (χ4n) is 2.51. The van der Waals surface area contributed by atoms with Crippen LogP contribution in [0.25, 0.3) is 0 Å². The predicted molar refractivity (Wildman–Crippen MR) is 34.6 cm³/mol. The monoisotopic (exact) mass is 110 g/mol. The highest BCUT2D eigenvalue weighted by molar-refractivity contribution is 5.01. The van der Waals surface area contributed by atoms with Crippen molar-refractivity contribution in [2.75, 3.05) is 0 Å². The van der Waals surface area contributed by atoms with Crippen LogP contribution in [-0.2, 0) is 0 Å². The van der Waals surface area contributed by atoms with Crippen LogP contribution in [0.15, 0.2) is 0 Å². The topological polar surface area (TPSA) is 0 Å². The highest BCUT2D eigenvalue weighted by Gasteiger charge is 2.51. The maximum absolute atomic E-state index is 2.41. The summed E-state index contributed by atoms with van der Waals surface area (Å²) in [7, 11) is 0. The summed E-state index contributed by atoms with van der Waals surface area (Å²) in [6.45, 7) is 4.82. The van der Waals surface area contributed by atoms with Gasteiger partial charge in [0, 0.05) is 0 Å². The fourth-order valence-corrected chi connectivity index (χ4v) is 2.51. The molecule has 2 rings (SSSR count). The van der Waals surface area contributed by atoms with Crippen LogP contribution in [0, 0.1) is 17.3 Å². The standard InChI is InChI=1S/C8H14/c1-8(2)5-6-3-4-7(6)8/h6-7H,3-5H2,1-2H3. The van der Waals surface area contributed by atoms with Gasteiger partial charge in [-0.1, -0.05) is 13.8 Å². The van der Waals surface area contributed by atoms with Crippen LogP contribution in [0.5, 0.6) is 0 Å². The molecule has 46 valence electrons. The van der Waals surface area contributed by atoms with Crippen LogP contribution in [-0.4, -0.2) is 0 Å². The first-order chi connectivity index (χ1) is 3.70. The van der Waals surface area contributed by atoms with Gasteiger partial charge in [-0.2, -0.15) is 0 Å². The maximum atomic E-state index is 2.41. The lowest BCUT2D eigenvalue weighted by Gasteiger charge is -2.59. The number of hydrogen-bond acceptors (Lipinski definition) is 0. The van der Waals surface area contributed by atoms with Gasteiger partial charge in [0.1, 0.15) is 0 Å². The Kier molecular flexibility index (Phi) is 0.678. The molecule has 0 heteroatoms. The third-order valence-corrected chi connectivity index (χ3v) is 3.21. The van der Waals surface area contributed by atoms with E-state index in [0.29, 0.717) is 0 Å². The average molecular weight is 110 g/mol. The van der Waals surface area contributed by atoms with E-state index in [9.17, 15) is 0 Å². The molecule has 2 unspecified atom stereocenters. The highest BCUT2D eigenvalue weighted by Crippen LogP contribution is 2.61. The lowest BCUT2D eigenvalue weighted by molar-refractivity contribution is -0.0906. The lowest BCUT2D eigenvalue weighted by atomic mass is 9.46. The van der Waals surface area contributed by atoms with E-state index < -0.39 is 0 Å². The molecule has 0 aromatic heterocycles. The molecular formula is C8H14. The highest BCUT2D eigenvalue weighted by atomic mass is 14.6. The summed E-state index contributed by atoms with van der Waals surface area (Å²) < 4.78 is 0. The molecule has 0 aromatic carbocycles. The Bertz CT molecular complexity index is 113. The summed E-state index contributed by atoms with van der Waals surface area (Å²) in [4.78, 5) is 0. The Labute approximate surface area is 51.3 Å². The average Bonchev–Trinajstić information content (AvgIpc) is 1.57. The minimum atomic E-state index is 0.739. The maximum Gasteiger partial charge on any atom is -0.0321 e. The van der Waals surface area contributed by atoms with Crippen molar-refractivity contribution in [3.05, 3.63) is 0 Å². The van der Waals surface area contributed by atoms with Gasteiger partial charge in [0.2, 0.25) is 0 Å². The van der Waals surface area contributed by atoms with Gasteiger partial charge in [-0.3, -0.25) is 0 Å². The Morgan fingerprint density at radius 1 is 1.25 bits per heavy atom. The van der Waals surface area contributed by atoms with Crippen molar-refractivity contribution in [3.8, 4) is 0 Å². The third kappa shape index (κ3) is 0.375. The molecule has 0 N–H and O–H groups in total. The van der Waals surface area contributed by atoms with E-state index in [4.69, 9.17) is 0 Å². The molecule has 2 aliphatic rings. The molecule has 0 spiro atoms. The van der Waals surface area contributed by atoms with Crippen LogP contribution in [0.2, 0.25) is 0 Å². The van der Waals surface area contributed by atoms with Crippen molar-refractivity contribution >= 4 is 0 Å². The zero-order valence-electron chi connectivity index (χ0n) is 5.78. The van der Waals surface area contributed by atoms with Crippen molar-refractivity contribution in [3.63, 3.8) is 0 Å². The molecular weight excluding hydrogens is 96.1 g/mol. The molecule has 2 aliphatic carbocycles. The van der Waals surface area contributed by atoms with Crippen LogP contribution >= 0.6 is 0 Å². The summed E-state index contributed by atoms with van der Waals surface area (Å²) in [5.41, 5.74) is 0.739. The molecule has 2 saturated carbocycles. The van der Waals surface area contributed by atoms with Crippen LogP contribution < -0.4 is 0 Å². The van der Waals surface area contributed by atoms with E-state index in [-0.39, 0.29) is 0 Å². The van der Waals surface area contributed by atoms with Crippen molar-refractivity contribution in [1.29, 1.82) is 0 Å². The smallest absolute Gasteiger partial charge is 0.0321 e. The van der Waals surface area contributed by atoms with Gasteiger partial charge in [-0.25, -0.2) is 0 Å². The van der Waals surface area contributed by atoms with E-state index in [1.54, 1.807) is 0 Å². The third-order valence-electron chi connectivity index (χ3n) is 3.21. The van der Waals surface area contributed by atoms with Gasteiger partial charge in [0.25, 0.3) is 0 Å². The molecule has 0 aromatic rings. The summed E-state index contributed by atoms with van der Waals surface area (Å²) >= 11 is 0. The normalized spacial score (nSPS) is 48.8. The van der Waals surface area contributed by atoms with Crippen molar-refractivity contribution < 1.29 is 0 Å². The minimum Gasteiger partial charge on any atom is -0.0596 e. The van der Waals surface area contributed by atoms with Crippen LogP contribution in [0.3, 0.4) is 0 Å². The minimum absolute atomic E-state index is 0.739. The molecule has 0 nitrogen and oxygen atoms in total. The van der Waals surface area contributed by atoms with Gasteiger partial charge in [-0.15, -0.1) is 0 Å². The summed E-state index contributed by atoms with van der Waals surface area (Å²) in [5, 5.41) is 0. The SMILES string of the molecule is CC1(C)CC2CCC21. The Morgan fingerprint density at radius 2 is 2.00 bits per heavy atom. The molecule has 2 atom stereocenters. The van der Waals surface area contributed by atoms with Gasteiger partial charge in [0.15, 0.2) is 0 Å². The van der Waals surface area contributed by atoms with E-state index in [0.717, 1.165) is 17.3 Å². The second kappa shape index (κ2) is 1.12. The van der Waals surface area contributed by atoms with Gasteiger partial charge >= 0.3 is 0 Å². The van der Waals surface area contributed by atoms with E-state index in [1.807, 2.05) is 0 Å². The number of hydrogen-bond donors (Lipinski definition) is 0. The molecule has 0 amide bonds. The van der Waals surface area contributed by atoms with Crippen molar-refractivity contribution in [2.45, 2.75) is 33.1 Å². The summed E-state index contributed by atoms with van der Waals surface area (Å²) in [6.07, 6.45) is 4.57. The van der Waals surface area contributed by atoms with Crippen molar-refractivity contribution in [2.24, 2.45) is 17.3 Å². The molecule has 0 bridgehead atoms. The van der Waals surface area contributed by atoms with E-state index in [1.165, 1.54) is 19.3 Å². The lowest BCUT2D eigenvalue weighted by Crippen LogP contribution is -2.50. The van der Waals surface area contributed by atoms with E-state index in [2.05, 4.69) is 13.8 Å². The first kappa shape index (κ1) is 4.84. The summed E-state index contributed by atoms with van der Waals surface area (Å²) in [5.74, 6) is 2.28.